The number of hydrogen-bond donors (Lipinski definition) is 9. The van der Waals surface area contributed by atoms with Gasteiger partial charge in [0.25, 0.3) is 0 Å². The summed E-state index contributed by atoms with van der Waals surface area (Å²) in [6.45, 7) is 10.4. The van der Waals surface area contributed by atoms with Crippen LogP contribution in [0.5, 0.6) is 0 Å². The summed E-state index contributed by atoms with van der Waals surface area (Å²) in [6, 6.07) is 0. The molecule has 5 saturated heterocycles. The average molecular weight is 885 g/mol. The van der Waals surface area contributed by atoms with Gasteiger partial charge in [0.2, 0.25) is 0 Å². The Bertz CT molecular complexity index is 1610. The van der Waals surface area contributed by atoms with E-state index in [1.54, 1.807) is 0 Å². The van der Waals surface area contributed by atoms with Crippen molar-refractivity contribution in [1.29, 1.82) is 0 Å². The second-order valence-corrected chi connectivity index (χ2v) is 21.1. The van der Waals surface area contributed by atoms with Crippen LogP contribution in [0.25, 0.3) is 0 Å². The molecule has 0 amide bonds. The highest BCUT2D eigenvalue weighted by atomic mass is 16.8. The lowest BCUT2D eigenvalue weighted by Gasteiger charge is -2.59. The van der Waals surface area contributed by atoms with E-state index in [4.69, 9.17) is 37.9 Å². The SMILES string of the molecule is C[C@H]1CC[C@@]2(OC1)O[C@H]1C[C@H]3[C@@H]4CC=C5C[C@@H](O[C@@H]6O[C@H](CO)[C@@H](O)[C@H](O[C@@H]7O[C@H](CO)[C@@H](O)[C@H](O)[C@H]7O)[C@H]6O[C@@H]6O[C@@H](C)[C@H](O)[C@@H](O)[C@H]6O)CC[C@]5(C)[C@H]4CC[C@]3(C)[C@H]1[C@@H]2C. The Morgan fingerprint density at radius 1 is 0.677 bits per heavy atom. The standard InChI is InChI=1S/C45H72O17/c1-19-8-13-45(55-18-19)20(2)30-27(62-45)15-26-24-7-6-22-14-23(9-11-43(22,4)25(24)10-12-44(26,30)5)57-42-39(61-40-36(53)34(51)31(48)21(3)56-40)38(33(50)29(17-47)59-42)60-41-37(54)35(52)32(49)28(16-46)58-41/h6,19-21,23-42,46-54H,7-18H2,1-5H3/t19-,20-,21-,23-,24+,25-,26-,27-,28+,29+,30-,31-,32+,33+,34+,35-,36+,37+,38-,39+,40-,41-,42+,43-,44-,45+/m0/s1. The molecule has 5 aliphatic heterocycles. The van der Waals surface area contributed by atoms with Gasteiger partial charge in [-0.05, 0) is 98.7 Å². The number of aliphatic hydroxyl groups is 9. The van der Waals surface area contributed by atoms with E-state index in [0.29, 0.717) is 48.3 Å². The normalized spacial score (nSPS) is 57.6. The summed E-state index contributed by atoms with van der Waals surface area (Å²) in [5.74, 6) is 2.52. The van der Waals surface area contributed by atoms with Crippen LogP contribution in [-0.4, -0.2) is 176 Å². The number of fused-ring (bicyclic) bond motifs is 7. The van der Waals surface area contributed by atoms with Crippen molar-refractivity contribution in [3.8, 4) is 0 Å². The van der Waals surface area contributed by atoms with Gasteiger partial charge in [-0.2, -0.15) is 0 Å². The summed E-state index contributed by atoms with van der Waals surface area (Å²) in [5, 5.41) is 95.8. The van der Waals surface area contributed by atoms with Crippen molar-refractivity contribution in [3.05, 3.63) is 11.6 Å². The minimum atomic E-state index is -1.84. The van der Waals surface area contributed by atoms with Gasteiger partial charge in [-0.25, -0.2) is 0 Å². The van der Waals surface area contributed by atoms with Gasteiger partial charge in [-0.15, -0.1) is 0 Å². The Labute approximate surface area is 363 Å². The van der Waals surface area contributed by atoms with E-state index in [0.717, 1.165) is 51.6 Å². The number of aliphatic hydroxyl groups excluding tert-OH is 9. The first-order valence-electron chi connectivity index (χ1n) is 23.4. The first kappa shape index (κ1) is 46.2. The molecule has 9 aliphatic rings. The van der Waals surface area contributed by atoms with Crippen molar-refractivity contribution in [1.82, 2.24) is 0 Å². The number of allylic oxidation sites excluding steroid dienone is 1. The number of ether oxygens (including phenoxy) is 8. The van der Waals surface area contributed by atoms with E-state index < -0.39 is 117 Å². The van der Waals surface area contributed by atoms with Crippen molar-refractivity contribution in [2.75, 3.05) is 19.8 Å². The molecule has 8 fully saturated rings. The van der Waals surface area contributed by atoms with Crippen LogP contribution in [0.4, 0.5) is 0 Å². The third kappa shape index (κ3) is 7.49. The largest absolute Gasteiger partial charge is 0.394 e. The van der Waals surface area contributed by atoms with E-state index >= 15 is 0 Å². The van der Waals surface area contributed by atoms with Crippen LogP contribution in [-0.2, 0) is 37.9 Å². The minimum Gasteiger partial charge on any atom is -0.394 e. The van der Waals surface area contributed by atoms with Crippen molar-refractivity contribution in [2.24, 2.45) is 46.3 Å². The fraction of sp³-hybridized carbons (Fsp3) is 0.956. The zero-order valence-corrected chi connectivity index (χ0v) is 36.6. The molecular weight excluding hydrogens is 812 g/mol. The van der Waals surface area contributed by atoms with E-state index in [1.165, 1.54) is 12.5 Å². The van der Waals surface area contributed by atoms with Gasteiger partial charge in [0.1, 0.15) is 67.1 Å². The van der Waals surface area contributed by atoms with E-state index in [9.17, 15) is 46.0 Å². The molecule has 0 radical (unpaired) electrons. The molecule has 9 N–H and O–H groups in total. The maximum atomic E-state index is 11.6. The van der Waals surface area contributed by atoms with Crippen LogP contribution >= 0.6 is 0 Å². The molecule has 0 unspecified atom stereocenters. The summed E-state index contributed by atoms with van der Waals surface area (Å²) in [6.07, 6.45) is -12.4. The highest BCUT2D eigenvalue weighted by molar-refractivity contribution is 5.26. The first-order valence-corrected chi connectivity index (χ1v) is 23.4. The van der Waals surface area contributed by atoms with Gasteiger partial charge in [0.05, 0.1) is 38.1 Å². The van der Waals surface area contributed by atoms with Crippen LogP contribution in [0.15, 0.2) is 11.6 Å². The molecule has 9 rings (SSSR count). The summed E-state index contributed by atoms with van der Waals surface area (Å²) >= 11 is 0. The molecule has 5 heterocycles. The zero-order chi connectivity index (χ0) is 44.2. The lowest BCUT2D eigenvalue weighted by Crippen LogP contribution is -2.67. The molecular formula is C45H72O17. The first-order chi connectivity index (χ1) is 29.4. The summed E-state index contributed by atoms with van der Waals surface area (Å²) < 4.78 is 50.3. The topological polar surface area (TPSA) is 256 Å². The maximum Gasteiger partial charge on any atom is 0.187 e. The smallest absolute Gasteiger partial charge is 0.187 e. The molecule has 4 aliphatic carbocycles. The fourth-order valence-electron chi connectivity index (χ4n) is 14.0. The minimum absolute atomic E-state index is 0.0484. The molecule has 17 nitrogen and oxygen atoms in total. The highest BCUT2D eigenvalue weighted by Gasteiger charge is 2.69. The molecule has 354 valence electrons. The van der Waals surface area contributed by atoms with Crippen LogP contribution in [0, 0.1) is 46.3 Å². The third-order valence-corrected chi connectivity index (χ3v) is 17.7. The lowest BCUT2D eigenvalue weighted by atomic mass is 9.47. The van der Waals surface area contributed by atoms with Gasteiger partial charge in [0, 0.05) is 12.3 Å². The third-order valence-electron chi connectivity index (χ3n) is 17.7. The number of hydrogen-bond acceptors (Lipinski definition) is 17. The summed E-state index contributed by atoms with van der Waals surface area (Å²) in [7, 11) is 0. The molecule has 3 saturated carbocycles. The fourth-order valence-corrected chi connectivity index (χ4v) is 14.0. The van der Waals surface area contributed by atoms with E-state index in [-0.39, 0.29) is 16.9 Å². The van der Waals surface area contributed by atoms with E-state index in [1.807, 2.05) is 0 Å². The van der Waals surface area contributed by atoms with Crippen molar-refractivity contribution < 1.29 is 83.9 Å². The summed E-state index contributed by atoms with van der Waals surface area (Å²) in [4.78, 5) is 0. The average Bonchev–Trinajstić information content (AvgIpc) is 3.70. The molecule has 17 heteroatoms. The Morgan fingerprint density at radius 3 is 2.03 bits per heavy atom. The van der Waals surface area contributed by atoms with Crippen LogP contribution in [0.3, 0.4) is 0 Å². The number of rotatable bonds is 8. The Hall–Kier alpha value is -0.940. The van der Waals surface area contributed by atoms with Crippen LogP contribution in [0.1, 0.15) is 92.4 Å². The monoisotopic (exact) mass is 884 g/mol. The van der Waals surface area contributed by atoms with Crippen molar-refractivity contribution in [3.63, 3.8) is 0 Å². The molecule has 0 aromatic rings. The predicted molar refractivity (Wildman–Crippen MR) is 214 cm³/mol. The molecule has 26 atom stereocenters. The predicted octanol–water partition coefficient (Wildman–Crippen LogP) is 0.214. The zero-order valence-electron chi connectivity index (χ0n) is 36.6. The second-order valence-electron chi connectivity index (χ2n) is 21.1. The van der Waals surface area contributed by atoms with Gasteiger partial charge in [0.15, 0.2) is 24.7 Å². The van der Waals surface area contributed by atoms with Gasteiger partial charge in [-0.3, -0.25) is 0 Å². The van der Waals surface area contributed by atoms with Gasteiger partial charge in [-0.1, -0.05) is 39.3 Å². The molecule has 0 bridgehead atoms. The maximum absolute atomic E-state index is 11.6. The molecule has 1 spiro atoms. The Kier molecular flexibility index (Phi) is 12.9. The highest BCUT2D eigenvalue weighted by Crippen LogP contribution is 2.70. The Morgan fingerprint density at radius 2 is 1.34 bits per heavy atom. The lowest BCUT2D eigenvalue weighted by molar-refractivity contribution is -0.394. The summed E-state index contributed by atoms with van der Waals surface area (Å²) in [5.41, 5.74) is 1.45. The van der Waals surface area contributed by atoms with E-state index in [2.05, 4.69) is 33.8 Å². The van der Waals surface area contributed by atoms with Crippen molar-refractivity contribution >= 4 is 0 Å². The van der Waals surface area contributed by atoms with Crippen molar-refractivity contribution in [2.45, 2.75) is 203 Å². The van der Waals surface area contributed by atoms with Gasteiger partial charge < -0.3 is 83.9 Å². The van der Waals surface area contributed by atoms with Crippen LogP contribution in [0.2, 0.25) is 0 Å². The molecule has 0 aromatic carbocycles. The molecule has 0 aromatic heterocycles. The second kappa shape index (κ2) is 17.3. The molecule has 62 heavy (non-hydrogen) atoms. The Balaban J connectivity index is 0.940. The van der Waals surface area contributed by atoms with Gasteiger partial charge >= 0.3 is 0 Å². The quantitative estimate of drug-likeness (QED) is 0.148. The van der Waals surface area contributed by atoms with Crippen LogP contribution < -0.4 is 0 Å².